The highest BCUT2D eigenvalue weighted by molar-refractivity contribution is 7.85. The Bertz CT molecular complexity index is 1500. The normalized spacial score (nSPS) is 25.0. The second kappa shape index (κ2) is 13.6. The summed E-state index contributed by atoms with van der Waals surface area (Å²) in [5.41, 5.74) is 2.46. The zero-order valence-corrected chi connectivity index (χ0v) is 26.5. The number of piperidine rings is 2. The lowest BCUT2D eigenvalue weighted by atomic mass is 9.76. The number of hydroxylamine groups is 3. The lowest BCUT2D eigenvalue weighted by Crippen LogP contribution is -2.67. The average Bonchev–Trinajstić information content (AvgIpc) is 3.05. The van der Waals surface area contributed by atoms with Crippen molar-refractivity contribution in [1.82, 2.24) is 4.90 Å². The number of quaternary nitrogens is 1. The maximum atomic E-state index is 14.3. The van der Waals surface area contributed by atoms with Gasteiger partial charge in [-0.2, -0.15) is 9.48 Å². The summed E-state index contributed by atoms with van der Waals surface area (Å²) in [4.78, 5) is 23.3. The number of fused-ring (bicyclic) bond motifs is 3. The van der Waals surface area contributed by atoms with Crippen LogP contribution in [0.2, 0.25) is 0 Å². The molecule has 0 N–H and O–H groups in total. The molecule has 0 spiro atoms. The maximum Gasteiger partial charge on any atom is 0.192 e. The van der Waals surface area contributed by atoms with E-state index in [-0.39, 0.29) is 22.6 Å². The van der Waals surface area contributed by atoms with Gasteiger partial charge < -0.3 is 4.55 Å². The molecule has 2 bridgehead atoms. The van der Waals surface area contributed by atoms with Gasteiger partial charge in [-0.1, -0.05) is 66.6 Å². The Hall–Kier alpha value is -2.95. The molecule has 4 aliphatic rings. The predicted molar refractivity (Wildman–Crippen MR) is 166 cm³/mol. The molecule has 0 saturated carbocycles. The van der Waals surface area contributed by atoms with Gasteiger partial charge in [0.2, 0.25) is 0 Å². The van der Waals surface area contributed by atoms with E-state index in [0.29, 0.717) is 10.6 Å². The molecule has 0 aliphatic carbocycles. The smallest absolute Gasteiger partial charge is 0.192 e. The highest BCUT2D eigenvalue weighted by atomic mass is 32.2. The van der Waals surface area contributed by atoms with Crippen molar-refractivity contribution < 1.29 is 31.6 Å². The molecular formula is C35H43FN2O5S. The third-order valence-electron chi connectivity index (χ3n) is 9.67. The highest BCUT2D eigenvalue weighted by Crippen LogP contribution is 2.42. The minimum atomic E-state index is -4.27. The number of nitrogens with zero attached hydrogens (tertiary/aromatic N) is 2. The number of halogens is 1. The zero-order valence-electron chi connectivity index (χ0n) is 25.7. The van der Waals surface area contributed by atoms with Crippen LogP contribution in [0.25, 0.3) is 0 Å². The molecule has 4 aliphatic heterocycles. The van der Waals surface area contributed by atoms with Crippen LogP contribution in [0.3, 0.4) is 0 Å². The van der Waals surface area contributed by atoms with Gasteiger partial charge in [-0.3, -0.25) is 9.69 Å². The fourth-order valence-electron chi connectivity index (χ4n) is 6.88. The number of carbonyl (C=O) groups excluding carboxylic acids is 1. The van der Waals surface area contributed by atoms with Crippen molar-refractivity contribution in [2.75, 3.05) is 32.7 Å². The summed E-state index contributed by atoms with van der Waals surface area (Å²) >= 11 is 0. The summed E-state index contributed by atoms with van der Waals surface area (Å²) in [7, 11) is -4.27. The number of ketones is 1. The van der Waals surface area contributed by atoms with Crippen molar-refractivity contribution in [2.45, 2.75) is 68.9 Å². The summed E-state index contributed by atoms with van der Waals surface area (Å²) in [5, 5.41) is 0. The Morgan fingerprint density at radius 1 is 0.955 bits per heavy atom. The molecule has 9 heteroatoms. The molecule has 236 valence electrons. The van der Waals surface area contributed by atoms with E-state index < -0.39 is 15.7 Å². The molecule has 0 amide bonds. The van der Waals surface area contributed by atoms with Gasteiger partial charge in [-0.15, -0.1) is 0 Å². The topological polar surface area (TPSA) is 86.7 Å². The lowest BCUT2D eigenvalue weighted by molar-refractivity contribution is -1.12. The monoisotopic (exact) mass is 622 g/mol. The number of carbonyl (C=O) groups is 1. The summed E-state index contributed by atoms with van der Waals surface area (Å²) in [6.07, 6.45) is 6.04. The minimum absolute atomic E-state index is 0.178. The van der Waals surface area contributed by atoms with Crippen LogP contribution in [0.15, 0.2) is 83.8 Å². The quantitative estimate of drug-likeness (QED) is 0.234. The number of likely N-dealkylation sites (tertiary alicyclic amines) is 1. The van der Waals surface area contributed by atoms with E-state index >= 15 is 0 Å². The highest BCUT2D eigenvalue weighted by Gasteiger charge is 2.55. The maximum absolute atomic E-state index is 14.3. The lowest BCUT2D eigenvalue weighted by Gasteiger charge is -2.52. The van der Waals surface area contributed by atoms with Crippen LogP contribution in [-0.2, 0) is 31.7 Å². The molecule has 4 fully saturated rings. The van der Waals surface area contributed by atoms with E-state index in [2.05, 4.69) is 24.0 Å². The largest absolute Gasteiger partial charge is 0.744 e. The van der Waals surface area contributed by atoms with E-state index in [4.69, 9.17) is 4.84 Å². The summed E-state index contributed by atoms with van der Waals surface area (Å²) in [6, 6.07) is 22.8. The second-order valence-electron chi connectivity index (χ2n) is 12.6. The standard InChI is InChI=1S/C28H36FN2O2.C7H8O3S/c1-28(24-8-4-2-5-9-24,30-17-6-3-7-18-30)27(32)26-23-15-20-31(33-26,21-16-23)19-14-22-10-12-25(29)13-11-22;1-6-2-4-7(5-3-6)11(8,9)10/h2,4-5,8-13,23,26H,3,6-7,14-21H2,1H3;2-5H,1H3,(H,8,9,10)/q+1;/p-1/t23?,26-,28+,31?;/m1./s1. The van der Waals surface area contributed by atoms with Gasteiger partial charge in [0.05, 0.1) is 4.90 Å². The Kier molecular flexibility index (Phi) is 10.0. The number of hydrogen-bond acceptors (Lipinski definition) is 6. The van der Waals surface area contributed by atoms with Crippen molar-refractivity contribution in [3.05, 3.63) is 101 Å². The molecule has 0 radical (unpaired) electrons. The number of Topliss-reactive ketones (excluding diaryl/α,β-unsaturated/α-hetero) is 1. The average molecular weight is 623 g/mol. The van der Waals surface area contributed by atoms with Crippen molar-refractivity contribution in [3.63, 3.8) is 0 Å². The van der Waals surface area contributed by atoms with Gasteiger partial charge in [0, 0.05) is 25.2 Å². The summed E-state index contributed by atoms with van der Waals surface area (Å²) < 4.78 is 45.0. The first-order valence-corrected chi connectivity index (χ1v) is 17.1. The molecule has 4 heterocycles. The molecule has 2 atom stereocenters. The van der Waals surface area contributed by atoms with Gasteiger partial charge in [-0.25, -0.2) is 12.8 Å². The predicted octanol–water partition coefficient (Wildman–Crippen LogP) is 5.78. The van der Waals surface area contributed by atoms with Crippen LogP contribution >= 0.6 is 0 Å². The fraction of sp³-hybridized carbons (Fsp3) is 0.457. The van der Waals surface area contributed by atoms with Gasteiger partial charge in [0.1, 0.15) is 41.1 Å². The van der Waals surface area contributed by atoms with E-state index in [1.54, 1.807) is 12.1 Å². The fourth-order valence-corrected chi connectivity index (χ4v) is 7.35. The molecule has 4 saturated heterocycles. The minimum Gasteiger partial charge on any atom is -0.744 e. The molecule has 7 rings (SSSR count). The van der Waals surface area contributed by atoms with Gasteiger partial charge in [-0.05, 0) is 75.2 Å². The van der Waals surface area contributed by atoms with Crippen LogP contribution < -0.4 is 0 Å². The molecule has 44 heavy (non-hydrogen) atoms. The van der Waals surface area contributed by atoms with E-state index in [0.717, 1.165) is 81.5 Å². The molecule has 3 aromatic rings. The van der Waals surface area contributed by atoms with Crippen LogP contribution in [0.4, 0.5) is 4.39 Å². The molecular weight excluding hydrogens is 579 g/mol. The van der Waals surface area contributed by atoms with Crippen molar-refractivity contribution in [1.29, 1.82) is 0 Å². The van der Waals surface area contributed by atoms with E-state index in [9.17, 15) is 22.2 Å². The number of benzene rings is 3. The summed E-state index contributed by atoms with van der Waals surface area (Å²) in [6.45, 7) is 8.61. The SMILES string of the molecule is C[C@@](C(=O)[C@@H]1O[N+]2(CCc3ccc(F)cc3)CCC1CC2)(c1ccccc1)N1CCCCC1.Cc1ccc(S(=O)(=O)[O-])cc1. The van der Waals surface area contributed by atoms with E-state index in [1.807, 2.05) is 37.3 Å². The first-order chi connectivity index (χ1) is 21.0. The Balaban J connectivity index is 0.000000296. The second-order valence-corrected chi connectivity index (χ2v) is 14.0. The molecule has 3 aromatic carbocycles. The van der Waals surface area contributed by atoms with Gasteiger partial charge >= 0.3 is 0 Å². The Labute approximate surface area is 260 Å². The number of rotatable bonds is 8. The first-order valence-electron chi connectivity index (χ1n) is 15.7. The van der Waals surface area contributed by atoms with Gasteiger partial charge in [0.15, 0.2) is 11.9 Å². The van der Waals surface area contributed by atoms with Gasteiger partial charge in [0.25, 0.3) is 0 Å². The van der Waals surface area contributed by atoms with Crippen molar-refractivity contribution >= 4 is 15.9 Å². The third-order valence-corrected chi connectivity index (χ3v) is 10.5. The zero-order chi connectivity index (χ0) is 31.4. The van der Waals surface area contributed by atoms with Crippen molar-refractivity contribution in [3.8, 4) is 0 Å². The molecule has 7 nitrogen and oxygen atoms in total. The van der Waals surface area contributed by atoms with Crippen LogP contribution in [0.1, 0.15) is 55.7 Å². The Morgan fingerprint density at radius 2 is 1.57 bits per heavy atom. The first kappa shape index (κ1) is 32.4. The summed E-state index contributed by atoms with van der Waals surface area (Å²) in [5.74, 6) is 0.324. The third kappa shape index (κ3) is 7.29. The number of hydrogen-bond donors (Lipinski definition) is 0. The van der Waals surface area contributed by atoms with Crippen LogP contribution in [0.5, 0.6) is 0 Å². The molecule has 0 aromatic heterocycles. The van der Waals surface area contributed by atoms with Crippen molar-refractivity contribution in [2.24, 2.45) is 5.92 Å². The number of aryl methyl sites for hydroxylation is 1. The van der Waals surface area contributed by atoms with E-state index in [1.165, 1.54) is 30.7 Å². The Morgan fingerprint density at radius 3 is 2.16 bits per heavy atom. The molecule has 0 unspecified atom stereocenters. The van der Waals surface area contributed by atoms with Crippen LogP contribution in [-0.4, -0.2) is 67.1 Å². The van der Waals surface area contributed by atoms with Crippen LogP contribution in [0, 0.1) is 18.7 Å².